The molecule has 2 heterocycles. The number of hydrogen-bond acceptors (Lipinski definition) is 4. The zero-order chi connectivity index (χ0) is 20.8. The highest BCUT2D eigenvalue weighted by atomic mass is 79.9. The fraction of sp³-hybridized carbons (Fsp3) is 0.476. The molecule has 0 unspecified atom stereocenters. The molecule has 29 heavy (non-hydrogen) atoms. The minimum atomic E-state index is -0.512. The molecule has 8 heteroatoms. The van der Waals surface area contributed by atoms with Crippen molar-refractivity contribution in [3.05, 3.63) is 39.4 Å². The molecule has 154 valence electrons. The predicted molar refractivity (Wildman–Crippen MR) is 116 cm³/mol. The Kier molecular flexibility index (Phi) is 5.14. The van der Waals surface area contributed by atoms with Crippen LogP contribution in [0.25, 0.3) is 21.9 Å². The summed E-state index contributed by atoms with van der Waals surface area (Å²) >= 11 is 3.52. The van der Waals surface area contributed by atoms with E-state index in [-0.39, 0.29) is 23.9 Å². The van der Waals surface area contributed by atoms with Gasteiger partial charge in [0.15, 0.2) is 0 Å². The first kappa shape index (κ1) is 19.9. The van der Waals surface area contributed by atoms with Crippen LogP contribution in [0.5, 0.6) is 0 Å². The van der Waals surface area contributed by atoms with Crippen LogP contribution >= 0.6 is 15.9 Å². The summed E-state index contributed by atoms with van der Waals surface area (Å²) in [5.74, 6) is 0. The number of alkyl carbamates (subject to hydrolysis) is 1. The number of aromatic amines is 1. The van der Waals surface area contributed by atoms with Crippen molar-refractivity contribution in [2.75, 3.05) is 0 Å². The van der Waals surface area contributed by atoms with E-state index < -0.39 is 5.60 Å². The maximum Gasteiger partial charge on any atom is 0.407 e. The lowest BCUT2D eigenvalue weighted by Gasteiger charge is -2.30. The zero-order valence-corrected chi connectivity index (χ0v) is 18.4. The van der Waals surface area contributed by atoms with Crippen molar-refractivity contribution >= 4 is 44.0 Å². The van der Waals surface area contributed by atoms with Crippen LogP contribution < -0.4 is 11.0 Å². The number of amides is 1. The summed E-state index contributed by atoms with van der Waals surface area (Å²) in [6.45, 7) is 5.55. The predicted octanol–water partition coefficient (Wildman–Crippen LogP) is 4.65. The minimum Gasteiger partial charge on any atom is -0.444 e. The van der Waals surface area contributed by atoms with Gasteiger partial charge in [-0.25, -0.2) is 9.59 Å². The number of benzene rings is 1. The van der Waals surface area contributed by atoms with Gasteiger partial charge in [0, 0.05) is 21.9 Å². The van der Waals surface area contributed by atoms with E-state index >= 15 is 0 Å². The SMILES string of the molecule is CC(C)(C)OC(=O)NC1CCC(n2c(=O)[nH]c3cnc4ccc(Br)cc4c32)CC1. The molecule has 0 atom stereocenters. The van der Waals surface area contributed by atoms with E-state index in [0.29, 0.717) is 0 Å². The Morgan fingerprint density at radius 3 is 2.69 bits per heavy atom. The largest absolute Gasteiger partial charge is 0.444 e. The third-order valence-electron chi connectivity index (χ3n) is 5.29. The van der Waals surface area contributed by atoms with Gasteiger partial charge in [-0.15, -0.1) is 0 Å². The summed E-state index contributed by atoms with van der Waals surface area (Å²) in [5, 5.41) is 3.91. The summed E-state index contributed by atoms with van der Waals surface area (Å²) < 4.78 is 8.17. The van der Waals surface area contributed by atoms with E-state index in [0.717, 1.165) is 52.1 Å². The molecule has 2 aromatic heterocycles. The molecule has 0 aliphatic heterocycles. The van der Waals surface area contributed by atoms with Crippen molar-refractivity contribution in [3.63, 3.8) is 0 Å². The van der Waals surface area contributed by atoms with Crippen LogP contribution in [0.3, 0.4) is 0 Å². The van der Waals surface area contributed by atoms with Crippen LogP contribution in [0.1, 0.15) is 52.5 Å². The quantitative estimate of drug-likeness (QED) is 0.582. The maximum atomic E-state index is 12.8. The van der Waals surface area contributed by atoms with Crippen LogP contribution in [-0.2, 0) is 4.74 Å². The number of nitrogens with one attached hydrogen (secondary N) is 2. The van der Waals surface area contributed by atoms with Crippen molar-refractivity contribution in [1.29, 1.82) is 0 Å². The summed E-state index contributed by atoms with van der Waals surface area (Å²) in [4.78, 5) is 32.2. The number of halogens is 1. The number of imidazole rings is 1. The highest BCUT2D eigenvalue weighted by molar-refractivity contribution is 9.10. The summed E-state index contributed by atoms with van der Waals surface area (Å²) in [6.07, 6.45) is 4.56. The highest BCUT2D eigenvalue weighted by Crippen LogP contribution is 2.33. The average Bonchev–Trinajstić information content (AvgIpc) is 2.97. The van der Waals surface area contributed by atoms with Gasteiger partial charge in [0.2, 0.25) is 0 Å². The topological polar surface area (TPSA) is 89.0 Å². The standard InChI is InChI=1S/C21H25BrN4O3/c1-21(2,3)29-20(28)24-13-5-7-14(8-6-13)26-18-15-10-12(22)4-9-16(15)23-11-17(18)25-19(26)27/h4,9-11,13-14H,5-8H2,1-3H3,(H,24,28)(H,25,27). The Morgan fingerprint density at radius 1 is 1.28 bits per heavy atom. The molecule has 2 N–H and O–H groups in total. The third-order valence-corrected chi connectivity index (χ3v) is 5.78. The summed E-state index contributed by atoms with van der Waals surface area (Å²) in [7, 11) is 0. The Morgan fingerprint density at radius 2 is 2.00 bits per heavy atom. The van der Waals surface area contributed by atoms with E-state index in [9.17, 15) is 9.59 Å². The number of nitrogens with zero attached hydrogens (tertiary/aromatic N) is 2. The monoisotopic (exact) mass is 460 g/mol. The first-order valence-corrected chi connectivity index (χ1v) is 10.7. The van der Waals surface area contributed by atoms with Gasteiger partial charge < -0.3 is 15.0 Å². The molecule has 1 amide bonds. The molecular weight excluding hydrogens is 436 g/mol. The summed E-state index contributed by atoms with van der Waals surface area (Å²) in [6, 6.07) is 6.04. The molecule has 1 aromatic carbocycles. The third kappa shape index (κ3) is 4.17. The van der Waals surface area contributed by atoms with Gasteiger partial charge in [-0.1, -0.05) is 15.9 Å². The van der Waals surface area contributed by atoms with E-state index in [2.05, 4.69) is 31.2 Å². The Labute approximate surface area is 177 Å². The fourth-order valence-electron chi connectivity index (χ4n) is 4.08. The van der Waals surface area contributed by atoms with Gasteiger partial charge in [0.05, 0.1) is 22.7 Å². The van der Waals surface area contributed by atoms with Crippen molar-refractivity contribution in [3.8, 4) is 0 Å². The minimum absolute atomic E-state index is 0.0644. The number of ether oxygens (including phenoxy) is 1. The molecule has 4 rings (SSSR count). The van der Waals surface area contributed by atoms with Gasteiger partial charge in [-0.3, -0.25) is 9.55 Å². The highest BCUT2D eigenvalue weighted by Gasteiger charge is 2.28. The Bertz CT molecular complexity index is 1120. The first-order valence-electron chi connectivity index (χ1n) is 9.89. The number of fused-ring (bicyclic) bond motifs is 3. The maximum absolute atomic E-state index is 12.8. The lowest BCUT2D eigenvalue weighted by molar-refractivity contribution is 0.0488. The second-order valence-corrected chi connectivity index (χ2v) is 9.55. The normalized spacial score (nSPS) is 20.1. The lowest BCUT2D eigenvalue weighted by Crippen LogP contribution is -2.41. The van der Waals surface area contributed by atoms with Crippen LogP contribution in [-0.4, -0.2) is 32.3 Å². The average molecular weight is 461 g/mol. The van der Waals surface area contributed by atoms with Gasteiger partial charge >= 0.3 is 11.8 Å². The van der Waals surface area contributed by atoms with E-state index in [4.69, 9.17) is 4.74 Å². The number of H-pyrrole nitrogens is 1. The molecule has 7 nitrogen and oxygen atoms in total. The van der Waals surface area contributed by atoms with Crippen molar-refractivity contribution in [1.82, 2.24) is 19.9 Å². The number of hydrogen-bond donors (Lipinski definition) is 2. The van der Waals surface area contributed by atoms with E-state index in [1.807, 2.05) is 43.5 Å². The number of carbonyl (C=O) groups excluding carboxylic acids is 1. The van der Waals surface area contributed by atoms with Crippen molar-refractivity contribution in [2.45, 2.75) is 64.1 Å². The fourth-order valence-corrected chi connectivity index (χ4v) is 4.44. The number of aromatic nitrogens is 3. The molecule has 0 spiro atoms. The summed E-state index contributed by atoms with van der Waals surface area (Å²) in [5.41, 5.74) is 1.87. The lowest BCUT2D eigenvalue weighted by atomic mass is 9.91. The molecule has 1 aliphatic carbocycles. The first-order chi connectivity index (χ1) is 13.7. The van der Waals surface area contributed by atoms with Crippen LogP contribution in [0.2, 0.25) is 0 Å². The zero-order valence-electron chi connectivity index (χ0n) is 16.8. The van der Waals surface area contributed by atoms with Crippen LogP contribution in [0.15, 0.2) is 33.7 Å². The molecule has 0 saturated heterocycles. The Balaban J connectivity index is 1.57. The van der Waals surface area contributed by atoms with Crippen molar-refractivity contribution in [2.24, 2.45) is 0 Å². The Hall–Kier alpha value is -2.35. The van der Waals surface area contributed by atoms with Crippen LogP contribution in [0.4, 0.5) is 4.79 Å². The van der Waals surface area contributed by atoms with E-state index in [1.165, 1.54) is 0 Å². The van der Waals surface area contributed by atoms with E-state index in [1.54, 1.807) is 6.20 Å². The second kappa shape index (κ2) is 7.48. The van der Waals surface area contributed by atoms with Gasteiger partial charge in [0.1, 0.15) is 5.60 Å². The van der Waals surface area contributed by atoms with Gasteiger partial charge in [0.25, 0.3) is 0 Å². The molecule has 3 aromatic rings. The van der Waals surface area contributed by atoms with Crippen LogP contribution in [0, 0.1) is 0 Å². The molecular formula is C21H25BrN4O3. The molecule has 0 bridgehead atoms. The molecule has 0 radical (unpaired) electrons. The van der Waals surface area contributed by atoms with Gasteiger partial charge in [-0.05, 0) is 64.7 Å². The number of carbonyl (C=O) groups is 1. The van der Waals surface area contributed by atoms with Gasteiger partial charge in [-0.2, -0.15) is 0 Å². The molecule has 1 fully saturated rings. The smallest absolute Gasteiger partial charge is 0.407 e. The number of rotatable bonds is 2. The number of pyridine rings is 1. The molecule has 1 aliphatic rings. The second-order valence-electron chi connectivity index (χ2n) is 8.63. The van der Waals surface area contributed by atoms with Crippen molar-refractivity contribution < 1.29 is 9.53 Å². The molecule has 1 saturated carbocycles.